The highest BCUT2D eigenvalue weighted by Crippen LogP contribution is 2.33. The van der Waals surface area contributed by atoms with Gasteiger partial charge in [-0.1, -0.05) is 18.2 Å². The Hall–Kier alpha value is -1.72. The van der Waals surface area contributed by atoms with Gasteiger partial charge in [0.05, 0.1) is 10.0 Å². The van der Waals surface area contributed by atoms with E-state index in [1.165, 1.54) is 6.07 Å². The number of halogens is 3. The molecule has 5 heteroatoms. The van der Waals surface area contributed by atoms with Gasteiger partial charge in [-0.25, -0.2) is 8.78 Å². The largest absolute Gasteiger partial charge is 0.458 e. The normalized spacial score (nSPS) is 12.8. The molecule has 1 unspecified atom stereocenters. The Balaban J connectivity index is 2.13. The highest BCUT2D eigenvalue weighted by molar-refractivity contribution is 9.10. The Morgan fingerprint density at radius 2 is 1.85 bits per heavy atom. The zero-order chi connectivity index (χ0) is 14.3. The van der Waals surface area contributed by atoms with Crippen LogP contribution in [0.3, 0.4) is 0 Å². The van der Waals surface area contributed by atoms with Gasteiger partial charge in [0.1, 0.15) is 29.1 Å². The van der Waals surface area contributed by atoms with E-state index in [1.807, 2.05) is 6.07 Å². The van der Waals surface area contributed by atoms with Crippen molar-refractivity contribution in [1.29, 1.82) is 0 Å². The molecule has 0 bridgehead atoms. The van der Waals surface area contributed by atoms with Gasteiger partial charge in [-0.2, -0.15) is 0 Å². The van der Waals surface area contributed by atoms with Crippen LogP contribution in [0.15, 0.2) is 51.4 Å². The van der Waals surface area contributed by atoms with E-state index >= 15 is 0 Å². The van der Waals surface area contributed by atoms with Gasteiger partial charge in [0.25, 0.3) is 0 Å². The van der Waals surface area contributed by atoms with Crippen LogP contribution in [-0.4, -0.2) is 5.11 Å². The molecule has 2 aromatic carbocycles. The van der Waals surface area contributed by atoms with Crippen LogP contribution >= 0.6 is 15.9 Å². The Kier molecular flexibility index (Phi) is 3.31. The van der Waals surface area contributed by atoms with Crippen molar-refractivity contribution in [3.05, 3.63) is 69.9 Å². The minimum absolute atomic E-state index is 0.0871. The van der Waals surface area contributed by atoms with Crippen LogP contribution in [0.25, 0.3) is 11.0 Å². The Labute approximate surface area is 121 Å². The molecule has 0 saturated carbocycles. The summed E-state index contributed by atoms with van der Waals surface area (Å²) in [5.74, 6) is -1.56. The fourth-order valence-corrected chi connectivity index (χ4v) is 2.42. The number of para-hydroxylation sites is 1. The lowest BCUT2D eigenvalue weighted by Gasteiger charge is -2.11. The van der Waals surface area contributed by atoms with Crippen molar-refractivity contribution in [3.63, 3.8) is 0 Å². The number of hydrogen-bond donors (Lipinski definition) is 1. The third-order valence-electron chi connectivity index (χ3n) is 3.07. The highest BCUT2D eigenvalue weighted by Gasteiger charge is 2.24. The average Bonchev–Trinajstić information content (AvgIpc) is 2.87. The van der Waals surface area contributed by atoms with Crippen LogP contribution in [0, 0.1) is 11.6 Å². The molecule has 1 heterocycles. The third kappa shape index (κ3) is 2.13. The second-order valence-electron chi connectivity index (χ2n) is 4.35. The number of rotatable bonds is 2. The quantitative estimate of drug-likeness (QED) is 0.695. The SMILES string of the molecule is OC(c1cc2ccccc2o1)c1c(F)ccc(Br)c1F. The lowest BCUT2D eigenvalue weighted by atomic mass is 10.1. The van der Waals surface area contributed by atoms with E-state index in [9.17, 15) is 13.9 Å². The fourth-order valence-electron chi connectivity index (χ4n) is 2.07. The molecular formula is C15H9BrF2O2. The van der Waals surface area contributed by atoms with E-state index in [-0.39, 0.29) is 10.2 Å². The van der Waals surface area contributed by atoms with E-state index < -0.39 is 23.3 Å². The van der Waals surface area contributed by atoms with E-state index in [2.05, 4.69) is 15.9 Å². The van der Waals surface area contributed by atoms with Crippen molar-refractivity contribution in [2.45, 2.75) is 6.10 Å². The molecular weight excluding hydrogens is 330 g/mol. The summed E-state index contributed by atoms with van der Waals surface area (Å²) in [4.78, 5) is 0. The number of fused-ring (bicyclic) bond motifs is 1. The van der Waals surface area contributed by atoms with E-state index in [0.717, 1.165) is 11.5 Å². The molecule has 1 N–H and O–H groups in total. The summed E-state index contributed by atoms with van der Waals surface area (Å²) < 4.78 is 33.2. The van der Waals surface area contributed by atoms with Crippen LogP contribution < -0.4 is 0 Å². The summed E-state index contributed by atoms with van der Waals surface area (Å²) in [7, 11) is 0. The minimum Gasteiger partial charge on any atom is -0.458 e. The molecule has 1 aromatic heterocycles. The lowest BCUT2D eigenvalue weighted by Crippen LogP contribution is -2.05. The fraction of sp³-hybridized carbons (Fsp3) is 0.0667. The molecule has 0 saturated heterocycles. The van der Waals surface area contributed by atoms with Crippen molar-refractivity contribution in [3.8, 4) is 0 Å². The van der Waals surface area contributed by atoms with Crippen molar-refractivity contribution in [2.75, 3.05) is 0 Å². The van der Waals surface area contributed by atoms with Gasteiger partial charge >= 0.3 is 0 Å². The zero-order valence-corrected chi connectivity index (χ0v) is 11.7. The van der Waals surface area contributed by atoms with Gasteiger partial charge in [-0.3, -0.25) is 0 Å². The van der Waals surface area contributed by atoms with E-state index in [1.54, 1.807) is 24.3 Å². The van der Waals surface area contributed by atoms with Gasteiger partial charge in [0.15, 0.2) is 0 Å². The summed E-state index contributed by atoms with van der Waals surface area (Å²) in [6.07, 6.45) is -1.50. The first-order valence-corrected chi connectivity index (χ1v) is 6.67. The van der Waals surface area contributed by atoms with Gasteiger partial charge in [0, 0.05) is 5.39 Å². The third-order valence-corrected chi connectivity index (χ3v) is 3.68. The number of aliphatic hydroxyl groups is 1. The maximum atomic E-state index is 14.0. The standard InChI is InChI=1S/C15H9BrF2O2/c16-9-5-6-10(17)13(14(9)18)15(19)12-7-8-3-1-2-4-11(8)20-12/h1-7,15,19H. The molecule has 2 nitrogen and oxygen atoms in total. The first-order chi connectivity index (χ1) is 9.58. The number of furan rings is 1. The lowest BCUT2D eigenvalue weighted by molar-refractivity contribution is 0.182. The van der Waals surface area contributed by atoms with Crippen molar-refractivity contribution in [1.82, 2.24) is 0 Å². The minimum atomic E-state index is -1.50. The van der Waals surface area contributed by atoms with Gasteiger partial charge in [0.2, 0.25) is 0 Å². The topological polar surface area (TPSA) is 33.4 Å². The first kappa shape index (κ1) is 13.3. The maximum Gasteiger partial charge on any atom is 0.146 e. The molecule has 0 radical (unpaired) electrons. The second kappa shape index (κ2) is 5.00. The molecule has 3 rings (SSSR count). The summed E-state index contributed by atoms with van der Waals surface area (Å²) in [5.41, 5.74) is 0.121. The molecule has 20 heavy (non-hydrogen) atoms. The summed E-state index contributed by atoms with van der Waals surface area (Å²) >= 11 is 2.97. The van der Waals surface area contributed by atoms with Crippen molar-refractivity contribution in [2.24, 2.45) is 0 Å². The molecule has 0 aliphatic rings. The van der Waals surface area contributed by atoms with Gasteiger partial charge in [-0.15, -0.1) is 0 Å². The van der Waals surface area contributed by atoms with Crippen molar-refractivity contribution < 1.29 is 18.3 Å². The first-order valence-electron chi connectivity index (χ1n) is 5.88. The smallest absolute Gasteiger partial charge is 0.146 e. The molecule has 0 spiro atoms. The average molecular weight is 339 g/mol. The predicted molar refractivity (Wildman–Crippen MR) is 74.3 cm³/mol. The Bertz CT molecular complexity index is 750. The molecule has 0 amide bonds. The molecule has 0 aliphatic heterocycles. The maximum absolute atomic E-state index is 14.0. The van der Waals surface area contributed by atoms with Gasteiger partial charge < -0.3 is 9.52 Å². The van der Waals surface area contributed by atoms with Crippen LogP contribution in [0.1, 0.15) is 17.4 Å². The predicted octanol–water partition coefficient (Wildman–Crippen LogP) is 4.56. The second-order valence-corrected chi connectivity index (χ2v) is 5.20. The van der Waals surface area contributed by atoms with Crippen LogP contribution in [0.2, 0.25) is 0 Å². The van der Waals surface area contributed by atoms with Crippen LogP contribution in [-0.2, 0) is 0 Å². The van der Waals surface area contributed by atoms with E-state index in [4.69, 9.17) is 4.42 Å². The van der Waals surface area contributed by atoms with Crippen LogP contribution in [0.4, 0.5) is 8.78 Å². The zero-order valence-electron chi connectivity index (χ0n) is 10.1. The van der Waals surface area contributed by atoms with Crippen LogP contribution in [0.5, 0.6) is 0 Å². The Morgan fingerprint density at radius 3 is 2.60 bits per heavy atom. The monoisotopic (exact) mass is 338 g/mol. The molecule has 0 fully saturated rings. The molecule has 0 aliphatic carbocycles. The van der Waals surface area contributed by atoms with Crippen molar-refractivity contribution >= 4 is 26.9 Å². The summed E-state index contributed by atoms with van der Waals surface area (Å²) in [6, 6.07) is 11.0. The summed E-state index contributed by atoms with van der Waals surface area (Å²) in [5, 5.41) is 10.9. The highest BCUT2D eigenvalue weighted by atomic mass is 79.9. The van der Waals surface area contributed by atoms with E-state index in [0.29, 0.717) is 5.58 Å². The molecule has 1 atom stereocenters. The Morgan fingerprint density at radius 1 is 1.10 bits per heavy atom. The molecule has 3 aromatic rings. The molecule has 102 valence electrons. The number of benzene rings is 2. The summed E-state index contributed by atoms with van der Waals surface area (Å²) in [6.45, 7) is 0. The van der Waals surface area contributed by atoms with Gasteiger partial charge in [-0.05, 0) is 40.2 Å². The number of aliphatic hydroxyl groups excluding tert-OH is 1. The number of hydrogen-bond acceptors (Lipinski definition) is 2.